The molecule has 1 amide bonds. The summed E-state index contributed by atoms with van der Waals surface area (Å²) in [6.07, 6.45) is 1.09. The van der Waals surface area contributed by atoms with Gasteiger partial charge < -0.3 is 28.8 Å². The average Bonchev–Trinajstić information content (AvgIpc) is 2.74. The highest BCUT2D eigenvalue weighted by atomic mass is 16.6. The van der Waals surface area contributed by atoms with E-state index in [1.807, 2.05) is 30.3 Å². The molecule has 2 saturated heterocycles. The summed E-state index contributed by atoms with van der Waals surface area (Å²) >= 11 is 0. The molecule has 8 nitrogen and oxygen atoms in total. The number of hydrogen-bond donors (Lipinski definition) is 1. The molecule has 1 aromatic rings. The normalized spacial score (nSPS) is 25.9. The van der Waals surface area contributed by atoms with Crippen LogP contribution in [0.25, 0.3) is 0 Å². The number of hydrogen-bond acceptors (Lipinski definition) is 7. The lowest BCUT2D eigenvalue weighted by molar-refractivity contribution is -0.140. The molecule has 1 aromatic carbocycles. The third-order valence-corrected chi connectivity index (χ3v) is 5.57. The molecule has 2 fully saturated rings. The molecule has 0 saturated carbocycles. The highest BCUT2D eigenvalue weighted by Gasteiger charge is 2.48. The zero-order valence-electron chi connectivity index (χ0n) is 17.7. The molecule has 2 aliphatic heterocycles. The van der Waals surface area contributed by atoms with Gasteiger partial charge >= 0.3 is 6.09 Å². The van der Waals surface area contributed by atoms with Gasteiger partial charge in [-0.15, -0.1) is 0 Å². The Morgan fingerprint density at radius 2 is 1.70 bits per heavy atom. The van der Waals surface area contributed by atoms with Crippen LogP contribution in [0, 0.1) is 0 Å². The fourth-order valence-electron chi connectivity index (χ4n) is 4.10. The van der Waals surface area contributed by atoms with Crippen molar-refractivity contribution in [3.8, 4) is 0 Å². The predicted octanol–water partition coefficient (Wildman–Crippen LogP) is 1.99. The Balaban J connectivity index is 1.43. The minimum Gasteiger partial charge on any atom is -0.445 e. The SMILES string of the molecule is COCCOCCOCCC1(O)CC2COCC(C1)N2C(=O)OCc1ccccc1. The minimum atomic E-state index is -0.869. The van der Waals surface area contributed by atoms with Crippen molar-refractivity contribution in [1.82, 2.24) is 4.90 Å². The van der Waals surface area contributed by atoms with Crippen LogP contribution in [0.4, 0.5) is 4.79 Å². The molecular formula is C22H33NO7. The lowest BCUT2D eigenvalue weighted by atomic mass is 9.79. The number of carbonyl (C=O) groups is 1. The molecule has 168 valence electrons. The summed E-state index contributed by atoms with van der Waals surface area (Å²) in [7, 11) is 1.63. The van der Waals surface area contributed by atoms with E-state index in [0.29, 0.717) is 65.5 Å². The van der Waals surface area contributed by atoms with E-state index in [1.165, 1.54) is 0 Å². The average molecular weight is 424 g/mol. The van der Waals surface area contributed by atoms with Crippen molar-refractivity contribution < 1.29 is 33.6 Å². The maximum absolute atomic E-state index is 12.7. The van der Waals surface area contributed by atoms with Crippen LogP contribution in [-0.2, 0) is 30.3 Å². The standard InChI is InChI=1S/C22H33NO7/c1-26-9-10-28-12-11-27-8-7-22(25)13-19-16-29-17-20(14-22)23(19)21(24)30-15-18-5-3-2-4-6-18/h2-6,19-20,25H,7-17H2,1H3. The molecule has 30 heavy (non-hydrogen) atoms. The van der Waals surface area contributed by atoms with Gasteiger partial charge in [0.2, 0.25) is 0 Å². The van der Waals surface area contributed by atoms with Gasteiger partial charge in [0, 0.05) is 13.7 Å². The summed E-state index contributed by atoms with van der Waals surface area (Å²) < 4.78 is 27.1. The van der Waals surface area contributed by atoms with Crippen molar-refractivity contribution in [3.63, 3.8) is 0 Å². The lowest BCUT2D eigenvalue weighted by Crippen LogP contribution is -2.63. The van der Waals surface area contributed by atoms with Crippen LogP contribution in [0.5, 0.6) is 0 Å². The third-order valence-electron chi connectivity index (χ3n) is 5.57. The molecule has 2 heterocycles. The quantitative estimate of drug-likeness (QED) is 0.545. The van der Waals surface area contributed by atoms with Gasteiger partial charge in [-0.3, -0.25) is 4.90 Å². The third kappa shape index (κ3) is 6.65. The number of methoxy groups -OCH3 is 1. The number of benzene rings is 1. The van der Waals surface area contributed by atoms with E-state index in [0.717, 1.165) is 5.56 Å². The highest BCUT2D eigenvalue weighted by Crippen LogP contribution is 2.37. The Morgan fingerprint density at radius 1 is 1.07 bits per heavy atom. The van der Waals surface area contributed by atoms with E-state index in [1.54, 1.807) is 12.0 Å². The van der Waals surface area contributed by atoms with Crippen LogP contribution in [0.3, 0.4) is 0 Å². The number of fused-ring (bicyclic) bond motifs is 2. The molecule has 2 unspecified atom stereocenters. The lowest BCUT2D eigenvalue weighted by Gasteiger charge is -2.50. The summed E-state index contributed by atoms with van der Waals surface area (Å²) in [5, 5.41) is 11.1. The smallest absolute Gasteiger partial charge is 0.410 e. The molecule has 1 N–H and O–H groups in total. The Hall–Kier alpha value is -1.71. The van der Waals surface area contributed by atoms with E-state index >= 15 is 0 Å². The molecule has 0 radical (unpaired) electrons. The number of rotatable bonds is 11. The zero-order valence-corrected chi connectivity index (χ0v) is 17.7. The van der Waals surface area contributed by atoms with Crippen molar-refractivity contribution in [2.75, 3.05) is 53.4 Å². The number of carbonyl (C=O) groups excluding carboxylic acids is 1. The summed E-state index contributed by atoms with van der Waals surface area (Å²) in [4.78, 5) is 14.5. The first-order valence-corrected chi connectivity index (χ1v) is 10.5. The van der Waals surface area contributed by atoms with Gasteiger partial charge in [0.1, 0.15) is 6.61 Å². The van der Waals surface area contributed by atoms with Gasteiger partial charge in [-0.25, -0.2) is 4.79 Å². The van der Waals surface area contributed by atoms with Gasteiger partial charge in [-0.2, -0.15) is 0 Å². The van der Waals surface area contributed by atoms with E-state index in [9.17, 15) is 9.90 Å². The fourth-order valence-corrected chi connectivity index (χ4v) is 4.10. The van der Waals surface area contributed by atoms with Crippen LogP contribution in [-0.4, -0.2) is 87.1 Å². The van der Waals surface area contributed by atoms with Gasteiger partial charge in [-0.1, -0.05) is 30.3 Å². The monoisotopic (exact) mass is 423 g/mol. The predicted molar refractivity (Wildman–Crippen MR) is 109 cm³/mol. The van der Waals surface area contributed by atoms with Crippen LogP contribution in [0.15, 0.2) is 30.3 Å². The van der Waals surface area contributed by atoms with Gasteiger partial charge in [0.25, 0.3) is 0 Å². The largest absolute Gasteiger partial charge is 0.445 e. The van der Waals surface area contributed by atoms with Gasteiger partial charge in [-0.05, 0) is 24.8 Å². The molecular weight excluding hydrogens is 390 g/mol. The second kappa shape index (κ2) is 11.6. The molecule has 0 aliphatic carbocycles. The van der Waals surface area contributed by atoms with Crippen LogP contribution < -0.4 is 0 Å². The summed E-state index contributed by atoms with van der Waals surface area (Å²) in [6.45, 7) is 3.60. The van der Waals surface area contributed by atoms with Crippen LogP contribution in [0.2, 0.25) is 0 Å². The molecule has 0 spiro atoms. The number of amides is 1. The second-order valence-electron chi connectivity index (χ2n) is 7.89. The summed E-state index contributed by atoms with van der Waals surface area (Å²) in [5.74, 6) is 0. The Labute approximate surface area is 178 Å². The van der Waals surface area contributed by atoms with Gasteiger partial charge in [0.05, 0.1) is 57.3 Å². The van der Waals surface area contributed by atoms with Crippen molar-refractivity contribution in [2.24, 2.45) is 0 Å². The van der Waals surface area contributed by atoms with E-state index in [-0.39, 0.29) is 24.8 Å². The second-order valence-corrected chi connectivity index (χ2v) is 7.89. The van der Waals surface area contributed by atoms with Crippen LogP contribution in [0.1, 0.15) is 24.8 Å². The number of nitrogens with zero attached hydrogens (tertiary/aromatic N) is 1. The van der Waals surface area contributed by atoms with E-state index in [2.05, 4.69) is 0 Å². The van der Waals surface area contributed by atoms with Crippen molar-refractivity contribution >= 4 is 6.09 Å². The molecule has 3 rings (SSSR count). The van der Waals surface area contributed by atoms with E-state index in [4.69, 9.17) is 23.7 Å². The van der Waals surface area contributed by atoms with E-state index < -0.39 is 5.60 Å². The first-order chi connectivity index (χ1) is 14.6. The molecule has 0 aromatic heterocycles. The Kier molecular flexibility index (Phi) is 8.89. The maximum Gasteiger partial charge on any atom is 0.410 e. The maximum atomic E-state index is 12.7. The molecule has 2 bridgehead atoms. The topological polar surface area (TPSA) is 86.7 Å². The Morgan fingerprint density at radius 3 is 2.37 bits per heavy atom. The molecule has 8 heteroatoms. The van der Waals surface area contributed by atoms with Crippen molar-refractivity contribution in [2.45, 2.75) is 43.6 Å². The minimum absolute atomic E-state index is 0.192. The fraction of sp³-hybridized carbons (Fsp3) is 0.682. The number of aliphatic hydroxyl groups is 1. The zero-order chi connectivity index (χ0) is 21.2. The number of morpholine rings is 1. The van der Waals surface area contributed by atoms with Gasteiger partial charge in [0.15, 0.2) is 0 Å². The molecule has 2 aliphatic rings. The summed E-state index contributed by atoms with van der Waals surface area (Å²) in [5.41, 5.74) is 0.0794. The van der Waals surface area contributed by atoms with Crippen molar-refractivity contribution in [3.05, 3.63) is 35.9 Å². The highest BCUT2D eigenvalue weighted by molar-refractivity contribution is 5.69. The number of ether oxygens (including phenoxy) is 5. The number of piperidine rings is 1. The summed E-state index contributed by atoms with van der Waals surface area (Å²) in [6, 6.07) is 9.23. The van der Waals surface area contributed by atoms with Crippen molar-refractivity contribution in [1.29, 1.82) is 0 Å². The first-order valence-electron chi connectivity index (χ1n) is 10.5. The molecule has 2 atom stereocenters. The van der Waals surface area contributed by atoms with Crippen LogP contribution >= 0.6 is 0 Å². The first kappa shape index (κ1) is 23.0. The Bertz CT molecular complexity index is 628.